The smallest absolute Gasteiger partial charge is 0.267 e. The summed E-state index contributed by atoms with van der Waals surface area (Å²) < 4.78 is 26.3. The predicted octanol–water partition coefficient (Wildman–Crippen LogP) is 4.82. The van der Waals surface area contributed by atoms with Crippen molar-refractivity contribution >= 4 is 78.0 Å². The molecule has 2 aromatic carbocycles. The van der Waals surface area contributed by atoms with E-state index >= 15 is 0 Å². The summed E-state index contributed by atoms with van der Waals surface area (Å²) in [6, 6.07) is 7.96. The Hall–Kier alpha value is -2.03. The van der Waals surface area contributed by atoms with Gasteiger partial charge in [0.05, 0.1) is 21.1 Å². The zero-order valence-electron chi connectivity index (χ0n) is 14.0. The predicted molar refractivity (Wildman–Crippen MR) is 115 cm³/mol. The van der Waals surface area contributed by atoms with E-state index in [1.165, 1.54) is 24.3 Å². The fraction of sp³-hybridized carbons (Fsp3) is 0. The van der Waals surface area contributed by atoms with E-state index in [0.717, 1.165) is 12.1 Å². The Balaban J connectivity index is 2.03. The molecule has 2 N–H and O–H groups in total. The van der Waals surface area contributed by atoms with Crippen LogP contribution in [-0.2, 0) is 9.84 Å². The Morgan fingerprint density at radius 3 is 1.38 bits per heavy atom. The lowest BCUT2D eigenvalue weighted by molar-refractivity contribution is 0.594. The van der Waals surface area contributed by atoms with Crippen molar-refractivity contribution < 1.29 is 8.42 Å². The molecule has 0 saturated carbocycles. The third-order valence-corrected chi connectivity index (χ3v) is 7.05. The number of aromatic amines is 2. The van der Waals surface area contributed by atoms with Crippen molar-refractivity contribution in [2.45, 2.75) is 9.79 Å². The lowest BCUT2D eigenvalue weighted by Gasteiger charge is -2.08. The summed E-state index contributed by atoms with van der Waals surface area (Å²) in [5.41, 5.74) is -1.40. The van der Waals surface area contributed by atoms with Crippen LogP contribution in [0.5, 0.6) is 0 Å². The SMILES string of the molecule is O=c1[nH]c2c(Cl)cc(Cl)cc2cc1S(=O)(=O)c1cc2cc(Cl)cc(Cl)c2[nH]c1=O. The summed E-state index contributed by atoms with van der Waals surface area (Å²) in [6.07, 6.45) is 0. The van der Waals surface area contributed by atoms with E-state index < -0.39 is 30.7 Å². The fourth-order valence-electron chi connectivity index (χ4n) is 2.96. The van der Waals surface area contributed by atoms with Crippen LogP contribution in [0.15, 0.2) is 55.8 Å². The minimum absolute atomic E-state index is 0.154. The Morgan fingerprint density at radius 1 is 0.621 bits per heavy atom. The van der Waals surface area contributed by atoms with Gasteiger partial charge in [-0.05, 0) is 36.4 Å². The maximum atomic E-state index is 13.1. The molecule has 4 aromatic rings. The number of fused-ring (bicyclic) bond motifs is 2. The molecule has 2 heterocycles. The van der Waals surface area contributed by atoms with Crippen molar-refractivity contribution in [1.29, 1.82) is 0 Å². The molecule has 29 heavy (non-hydrogen) atoms. The number of pyridine rings is 2. The van der Waals surface area contributed by atoms with Crippen LogP contribution in [0.2, 0.25) is 20.1 Å². The highest BCUT2D eigenvalue weighted by Gasteiger charge is 2.26. The number of sulfone groups is 1. The molecule has 6 nitrogen and oxygen atoms in total. The molecule has 4 rings (SSSR count). The van der Waals surface area contributed by atoms with Gasteiger partial charge in [-0.2, -0.15) is 0 Å². The molecular formula is C18H8Cl4N2O4S. The monoisotopic (exact) mass is 488 g/mol. The summed E-state index contributed by atoms with van der Waals surface area (Å²) in [4.78, 5) is 28.6. The van der Waals surface area contributed by atoms with Gasteiger partial charge in [-0.3, -0.25) is 9.59 Å². The Kier molecular flexibility index (Phi) is 4.91. The standard InChI is InChI=1S/C18H8Cl4N2O4S/c19-9-1-7-3-13(17(25)23-15(7)11(21)5-9)29(27,28)14-4-8-2-10(20)6-12(22)16(8)24-18(14)26/h1-6H,(H,23,25)(H,24,26). The average Bonchev–Trinajstić information content (AvgIpc) is 2.62. The van der Waals surface area contributed by atoms with Crippen molar-refractivity contribution in [1.82, 2.24) is 9.97 Å². The number of nitrogens with one attached hydrogen (secondary N) is 2. The van der Waals surface area contributed by atoms with Gasteiger partial charge in [0.25, 0.3) is 11.1 Å². The van der Waals surface area contributed by atoms with Crippen LogP contribution < -0.4 is 11.1 Å². The lowest BCUT2D eigenvalue weighted by Crippen LogP contribution is -2.23. The topological polar surface area (TPSA) is 99.9 Å². The molecule has 148 valence electrons. The highest BCUT2D eigenvalue weighted by molar-refractivity contribution is 7.91. The van der Waals surface area contributed by atoms with Gasteiger partial charge in [0.1, 0.15) is 9.79 Å². The second-order valence-electron chi connectivity index (χ2n) is 6.13. The van der Waals surface area contributed by atoms with Crippen LogP contribution in [0.25, 0.3) is 21.8 Å². The summed E-state index contributed by atoms with van der Waals surface area (Å²) in [5, 5.41) is 1.41. The first-order valence-electron chi connectivity index (χ1n) is 7.87. The highest BCUT2D eigenvalue weighted by atomic mass is 35.5. The minimum Gasteiger partial charge on any atom is -0.320 e. The number of halogens is 4. The Morgan fingerprint density at radius 2 is 1.00 bits per heavy atom. The molecule has 0 unspecified atom stereocenters. The van der Waals surface area contributed by atoms with Crippen molar-refractivity contribution in [2.24, 2.45) is 0 Å². The van der Waals surface area contributed by atoms with Gasteiger partial charge in [0, 0.05) is 20.8 Å². The van der Waals surface area contributed by atoms with E-state index in [9.17, 15) is 18.0 Å². The van der Waals surface area contributed by atoms with Gasteiger partial charge in [-0.25, -0.2) is 8.42 Å². The second kappa shape index (κ2) is 7.04. The Bertz CT molecular complexity index is 1450. The van der Waals surface area contributed by atoms with Crippen LogP contribution in [-0.4, -0.2) is 18.4 Å². The van der Waals surface area contributed by atoms with Crippen LogP contribution in [0.4, 0.5) is 0 Å². The number of hydrogen-bond acceptors (Lipinski definition) is 4. The molecule has 0 aliphatic heterocycles. The van der Waals surface area contributed by atoms with Gasteiger partial charge in [-0.1, -0.05) is 46.4 Å². The van der Waals surface area contributed by atoms with E-state index in [1.807, 2.05) is 0 Å². The molecule has 0 fully saturated rings. The highest BCUT2D eigenvalue weighted by Crippen LogP contribution is 2.30. The molecule has 0 atom stereocenters. The van der Waals surface area contributed by atoms with Crippen molar-refractivity contribution in [2.75, 3.05) is 0 Å². The average molecular weight is 490 g/mol. The van der Waals surface area contributed by atoms with E-state index in [2.05, 4.69) is 9.97 Å². The molecule has 0 spiro atoms. The third kappa shape index (κ3) is 3.43. The maximum Gasteiger partial charge on any atom is 0.267 e. The van der Waals surface area contributed by atoms with E-state index in [4.69, 9.17) is 46.4 Å². The summed E-state index contributed by atoms with van der Waals surface area (Å²) in [7, 11) is -4.49. The van der Waals surface area contributed by atoms with Gasteiger partial charge in [0.15, 0.2) is 0 Å². The molecule has 2 aromatic heterocycles. The molecule has 0 aliphatic carbocycles. The number of rotatable bonds is 2. The Labute approximate surface area is 182 Å². The molecular weight excluding hydrogens is 482 g/mol. The van der Waals surface area contributed by atoms with E-state index in [0.29, 0.717) is 10.8 Å². The first kappa shape index (κ1) is 20.3. The zero-order valence-corrected chi connectivity index (χ0v) is 17.9. The van der Waals surface area contributed by atoms with Gasteiger partial charge in [0.2, 0.25) is 9.84 Å². The van der Waals surface area contributed by atoms with Crippen molar-refractivity contribution in [3.05, 3.63) is 77.2 Å². The molecule has 0 aliphatic rings. The van der Waals surface area contributed by atoms with Gasteiger partial charge >= 0.3 is 0 Å². The van der Waals surface area contributed by atoms with Crippen LogP contribution in [0.3, 0.4) is 0 Å². The number of hydrogen-bond donors (Lipinski definition) is 2. The lowest BCUT2D eigenvalue weighted by atomic mass is 10.2. The summed E-state index contributed by atoms with van der Waals surface area (Å²) in [6.45, 7) is 0. The first-order chi connectivity index (χ1) is 13.6. The normalized spacial score (nSPS) is 12.0. The molecule has 0 amide bonds. The third-order valence-electron chi connectivity index (χ3n) is 4.25. The van der Waals surface area contributed by atoms with Crippen LogP contribution >= 0.6 is 46.4 Å². The first-order valence-corrected chi connectivity index (χ1v) is 10.9. The maximum absolute atomic E-state index is 13.1. The number of aromatic nitrogens is 2. The zero-order chi connectivity index (χ0) is 21.1. The molecule has 11 heteroatoms. The minimum atomic E-state index is -4.49. The molecule has 0 radical (unpaired) electrons. The molecule has 0 saturated heterocycles. The van der Waals surface area contributed by atoms with Crippen LogP contribution in [0.1, 0.15) is 0 Å². The van der Waals surface area contributed by atoms with Crippen molar-refractivity contribution in [3.8, 4) is 0 Å². The molecule has 0 bridgehead atoms. The largest absolute Gasteiger partial charge is 0.320 e. The summed E-state index contributed by atoms with van der Waals surface area (Å²) in [5.74, 6) is 0. The second-order valence-corrected chi connectivity index (χ2v) is 9.71. The number of H-pyrrole nitrogens is 2. The fourth-order valence-corrected chi connectivity index (χ4v) is 5.46. The van der Waals surface area contributed by atoms with Crippen LogP contribution in [0, 0.1) is 0 Å². The summed E-state index contributed by atoms with van der Waals surface area (Å²) >= 11 is 24.0. The van der Waals surface area contributed by atoms with Gasteiger partial charge in [-0.15, -0.1) is 0 Å². The van der Waals surface area contributed by atoms with Crippen molar-refractivity contribution in [3.63, 3.8) is 0 Å². The van der Waals surface area contributed by atoms with Gasteiger partial charge < -0.3 is 9.97 Å². The quantitative estimate of drug-likeness (QED) is 0.421. The van der Waals surface area contributed by atoms with E-state index in [1.54, 1.807) is 0 Å². The van der Waals surface area contributed by atoms with E-state index in [-0.39, 0.29) is 31.1 Å². The number of benzene rings is 2.